The number of nitrogens with zero attached hydrogens (tertiary/aromatic N) is 3. The van der Waals surface area contributed by atoms with Crippen molar-refractivity contribution < 1.29 is 4.79 Å². The molecule has 0 saturated carbocycles. The lowest BCUT2D eigenvalue weighted by atomic mass is 10.3. The number of aromatic nitrogens is 3. The van der Waals surface area contributed by atoms with Gasteiger partial charge in [0.2, 0.25) is 17.8 Å². The molecule has 0 aliphatic heterocycles. The summed E-state index contributed by atoms with van der Waals surface area (Å²) in [5, 5.41) is 5.22. The Labute approximate surface area is 124 Å². The van der Waals surface area contributed by atoms with Gasteiger partial charge < -0.3 is 16.8 Å². The molecule has 0 aliphatic carbocycles. The molecule has 1 atom stereocenters. The lowest BCUT2D eigenvalue weighted by Crippen LogP contribution is -2.27. The van der Waals surface area contributed by atoms with E-state index in [2.05, 4.69) is 20.3 Å². The maximum absolute atomic E-state index is 11.8. The van der Waals surface area contributed by atoms with Crippen LogP contribution in [-0.2, 0) is 4.79 Å². The summed E-state index contributed by atoms with van der Waals surface area (Å²) in [7, 11) is 0. The van der Waals surface area contributed by atoms with Gasteiger partial charge >= 0.3 is 0 Å². The average Bonchev–Trinajstić information content (AvgIpc) is 2.89. The van der Waals surface area contributed by atoms with Crippen molar-refractivity contribution in [2.24, 2.45) is 0 Å². The summed E-state index contributed by atoms with van der Waals surface area (Å²) in [6.07, 6.45) is 0. The fourth-order valence-electron chi connectivity index (χ4n) is 1.47. The monoisotopic (exact) mass is 310 g/mol. The maximum Gasteiger partial charge on any atom is 0.230 e. The fraction of sp³-hybridized carbons (Fsp3) is 0.273. The van der Waals surface area contributed by atoms with E-state index in [1.165, 1.54) is 11.8 Å². The second kappa shape index (κ2) is 6.53. The Kier molecular flexibility index (Phi) is 4.74. The molecule has 0 aliphatic rings. The summed E-state index contributed by atoms with van der Waals surface area (Å²) in [4.78, 5) is 24.4. The smallest absolute Gasteiger partial charge is 0.230 e. The number of hydrogen-bond acceptors (Lipinski definition) is 8. The zero-order valence-corrected chi connectivity index (χ0v) is 12.4. The molecule has 0 fully saturated rings. The Morgan fingerprint density at radius 3 is 2.70 bits per heavy atom. The van der Waals surface area contributed by atoms with Gasteiger partial charge in [-0.3, -0.25) is 4.79 Å². The molecular formula is C11H14N6OS2. The molecular weight excluding hydrogens is 296 g/mol. The largest absolute Gasteiger partial charge is 0.368 e. The van der Waals surface area contributed by atoms with Crippen LogP contribution in [0, 0.1) is 0 Å². The van der Waals surface area contributed by atoms with Gasteiger partial charge in [-0.05, 0) is 18.4 Å². The lowest BCUT2D eigenvalue weighted by Gasteiger charge is -2.11. The normalized spacial score (nSPS) is 12.1. The molecule has 0 bridgehead atoms. The van der Waals surface area contributed by atoms with E-state index < -0.39 is 0 Å². The topological polar surface area (TPSA) is 120 Å². The molecule has 7 nitrogen and oxygen atoms in total. The number of carbonyl (C=O) groups excluding carboxylic acids is 1. The highest BCUT2D eigenvalue weighted by Crippen LogP contribution is 2.19. The summed E-state index contributed by atoms with van der Waals surface area (Å²) < 4.78 is 0. The number of thiophene rings is 1. The molecule has 5 N–H and O–H groups in total. The Morgan fingerprint density at radius 1 is 1.40 bits per heavy atom. The zero-order chi connectivity index (χ0) is 14.5. The summed E-state index contributed by atoms with van der Waals surface area (Å²) in [6, 6.07) is 3.92. The number of nitrogen functional groups attached to an aromatic ring is 2. The highest BCUT2D eigenvalue weighted by molar-refractivity contribution is 7.99. The van der Waals surface area contributed by atoms with Gasteiger partial charge in [0.25, 0.3) is 0 Å². The SMILES string of the molecule is CC(NC(=O)CSc1nc(N)nc(N)n1)c1cccs1. The van der Waals surface area contributed by atoms with Gasteiger partial charge in [-0.15, -0.1) is 11.3 Å². The Hall–Kier alpha value is -1.87. The van der Waals surface area contributed by atoms with E-state index in [1.807, 2.05) is 24.4 Å². The van der Waals surface area contributed by atoms with Crippen LogP contribution in [0.25, 0.3) is 0 Å². The molecule has 2 aromatic heterocycles. The number of nitrogens with one attached hydrogen (secondary N) is 1. The highest BCUT2D eigenvalue weighted by atomic mass is 32.2. The van der Waals surface area contributed by atoms with Crippen molar-refractivity contribution in [2.45, 2.75) is 18.1 Å². The van der Waals surface area contributed by atoms with E-state index >= 15 is 0 Å². The number of rotatable bonds is 5. The van der Waals surface area contributed by atoms with E-state index in [-0.39, 0.29) is 29.6 Å². The summed E-state index contributed by atoms with van der Waals surface area (Å²) in [5.74, 6) is 0.187. The first-order valence-electron chi connectivity index (χ1n) is 5.77. The van der Waals surface area contributed by atoms with Gasteiger partial charge in [-0.2, -0.15) is 15.0 Å². The molecule has 9 heteroatoms. The van der Waals surface area contributed by atoms with Crippen molar-refractivity contribution in [1.82, 2.24) is 20.3 Å². The van der Waals surface area contributed by atoms with Crippen LogP contribution in [-0.4, -0.2) is 26.6 Å². The highest BCUT2D eigenvalue weighted by Gasteiger charge is 2.12. The van der Waals surface area contributed by atoms with Crippen molar-refractivity contribution in [1.29, 1.82) is 0 Å². The molecule has 106 valence electrons. The molecule has 2 rings (SSSR count). The van der Waals surface area contributed by atoms with E-state index in [4.69, 9.17) is 11.5 Å². The maximum atomic E-state index is 11.8. The quantitative estimate of drug-likeness (QED) is 0.706. The van der Waals surface area contributed by atoms with Crippen molar-refractivity contribution in [3.63, 3.8) is 0 Å². The van der Waals surface area contributed by atoms with Gasteiger partial charge in [0.15, 0.2) is 5.16 Å². The minimum Gasteiger partial charge on any atom is -0.368 e. The third-order valence-corrected chi connectivity index (χ3v) is 4.23. The predicted octanol–water partition coefficient (Wildman–Crippen LogP) is 1.07. The van der Waals surface area contributed by atoms with Crippen LogP contribution in [0.1, 0.15) is 17.8 Å². The fourth-order valence-corrected chi connectivity index (χ4v) is 2.87. The van der Waals surface area contributed by atoms with Crippen molar-refractivity contribution in [2.75, 3.05) is 17.2 Å². The van der Waals surface area contributed by atoms with E-state index in [1.54, 1.807) is 11.3 Å². The van der Waals surface area contributed by atoms with Crippen LogP contribution in [0.3, 0.4) is 0 Å². The molecule has 2 heterocycles. The number of amides is 1. The lowest BCUT2D eigenvalue weighted by molar-refractivity contribution is -0.119. The molecule has 1 unspecified atom stereocenters. The summed E-state index contributed by atoms with van der Waals surface area (Å²) in [6.45, 7) is 1.94. The summed E-state index contributed by atoms with van der Waals surface area (Å²) >= 11 is 2.77. The van der Waals surface area contributed by atoms with E-state index in [9.17, 15) is 4.79 Å². The minimum absolute atomic E-state index is 0.0170. The van der Waals surface area contributed by atoms with Crippen LogP contribution < -0.4 is 16.8 Å². The molecule has 0 aromatic carbocycles. The summed E-state index contributed by atoms with van der Waals surface area (Å²) in [5.41, 5.74) is 10.9. The Morgan fingerprint density at radius 2 is 2.10 bits per heavy atom. The van der Waals surface area contributed by atoms with Crippen LogP contribution in [0.4, 0.5) is 11.9 Å². The molecule has 2 aromatic rings. The van der Waals surface area contributed by atoms with Crippen molar-refractivity contribution in [3.05, 3.63) is 22.4 Å². The molecule has 0 spiro atoms. The van der Waals surface area contributed by atoms with Gasteiger partial charge in [-0.25, -0.2) is 0 Å². The second-order valence-electron chi connectivity index (χ2n) is 3.93. The van der Waals surface area contributed by atoms with Gasteiger partial charge in [0.05, 0.1) is 11.8 Å². The Balaban J connectivity index is 1.86. The van der Waals surface area contributed by atoms with E-state index in [0.717, 1.165) is 4.88 Å². The Bertz CT molecular complexity index is 568. The van der Waals surface area contributed by atoms with Gasteiger partial charge in [0.1, 0.15) is 0 Å². The first-order valence-corrected chi connectivity index (χ1v) is 7.63. The predicted molar refractivity (Wildman–Crippen MR) is 80.3 cm³/mol. The first kappa shape index (κ1) is 14.5. The standard InChI is InChI=1S/C11H14N6OS2/c1-6(7-3-2-4-19-7)14-8(18)5-20-11-16-9(12)15-10(13)17-11/h2-4,6H,5H2,1H3,(H,14,18)(H4,12,13,15,16,17). The third kappa shape index (κ3) is 4.07. The number of nitrogens with two attached hydrogens (primary N) is 2. The molecule has 20 heavy (non-hydrogen) atoms. The molecule has 1 amide bonds. The van der Waals surface area contributed by atoms with E-state index in [0.29, 0.717) is 5.16 Å². The van der Waals surface area contributed by atoms with Crippen molar-refractivity contribution in [3.8, 4) is 0 Å². The van der Waals surface area contributed by atoms with Crippen LogP contribution in [0.15, 0.2) is 22.7 Å². The second-order valence-corrected chi connectivity index (χ2v) is 5.85. The third-order valence-electron chi connectivity index (χ3n) is 2.33. The minimum atomic E-state index is -0.103. The van der Waals surface area contributed by atoms with Crippen molar-refractivity contribution >= 4 is 40.9 Å². The van der Waals surface area contributed by atoms with Crippen LogP contribution >= 0.6 is 23.1 Å². The van der Waals surface area contributed by atoms with Gasteiger partial charge in [-0.1, -0.05) is 17.8 Å². The molecule has 0 radical (unpaired) electrons. The first-order chi connectivity index (χ1) is 9.54. The van der Waals surface area contributed by atoms with Crippen LogP contribution in [0.5, 0.6) is 0 Å². The number of hydrogen-bond donors (Lipinski definition) is 3. The van der Waals surface area contributed by atoms with Gasteiger partial charge in [0, 0.05) is 4.88 Å². The zero-order valence-electron chi connectivity index (χ0n) is 10.7. The number of anilines is 2. The number of carbonyl (C=O) groups is 1. The number of thioether (sulfide) groups is 1. The average molecular weight is 310 g/mol. The van der Waals surface area contributed by atoms with Crippen LogP contribution in [0.2, 0.25) is 0 Å². The molecule has 0 saturated heterocycles.